The van der Waals surface area contributed by atoms with Crippen LogP contribution in [0.3, 0.4) is 0 Å². The van der Waals surface area contributed by atoms with Crippen LogP contribution in [-0.4, -0.2) is 59.9 Å². The number of nitrogens with zero attached hydrogens (tertiary/aromatic N) is 2. The minimum Gasteiger partial charge on any atom is -0.452 e. The molecule has 3 aliphatic rings. The zero-order valence-electron chi connectivity index (χ0n) is 20.6. The molecule has 2 bridgehead atoms. The molecule has 0 N–H and O–H groups in total. The number of carbonyl (C=O) groups excluding carboxylic acids is 3. The largest absolute Gasteiger partial charge is 0.452 e. The predicted molar refractivity (Wildman–Crippen MR) is 127 cm³/mol. The highest BCUT2D eigenvalue weighted by Crippen LogP contribution is 2.52. The van der Waals surface area contributed by atoms with Crippen LogP contribution in [0.2, 0.25) is 0 Å². The first kappa shape index (κ1) is 23.8. The van der Waals surface area contributed by atoms with Crippen molar-refractivity contribution in [1.29, 1.82) is 0 Å². The Morgan fingerprint density at radius 2 is 1.70 bits per heavy atom. The second-order valence-corrected chi connectivity index (χ2v) is 11.6. The van der Waals surface area contributed by atoms with Crippen LogP contribution in [0.5, 0.6) is 0 Å². The molecule has 3 fully saturated rings. The smallest absolute Gasteiger partial charge is 0.339 e. The minimum absolute atomic E-state index is 0.134. The number of ether oxygens (including phenoxy) is 1. The zero-order chi connectivity index (χ0) is 23.8. The van der Waals surface area contributed by atoms with E-state index in [2.05, 4.69) is 20.8 Å². The number of hydrogen-bond acceptors (Lipinski definition) is 4. The Balaban J connectivity index is 1.40. The summed E-state index contributed by atoms with van der Waals surface area (Å²) < 4.78 is 5.45. The first-order chi connectivity index (χ1) is 15.6. The highest BCUT2D eigenvalue weighted by atomic mass is 16.5. The van der Waals surface area contributed by atoms with Gasteiger partial charge in [-0.05, 0) is 55.1 Å². The van der Waals surface area contributed by atoms with Gasteiger partial charge in [0.15, 0.2) is 6.61 Å². The molecule has 1 saturated heterocycles. The fourth-order valence-electron chi connectivity index (χ4n) is 6.71. The fourth-order valence-corrected chi connectivity index (χ4v) is 6.71. The van der Waals surface area contributed by atoms with E-state index in [-0.39, 0.29) is 46.9 Å². The lowest BCUT2D eigenvalue weighted by Gasteiger charge is -2.39. The molecule has 2 saturated carbocycles. The summed E-state index contributed by atoms with van der Waals surface area (Å²) in [7, 11) is 1.82. The van der Waals surface area contributed by atoms with Gasteiger partial charge in [-0.25, -0.2) is 4.79 Å². The Labute approximate surface area is 197 Å². The summed E-state index contributed by atoms with van der Waals surface area (Å²) in [5, 5.41) is 0. The quantitative estimate of drug-likeness (QED) is 0.606. The molecule has 6 heteroatoms. The molecule has 2 aliphatic carbocycles. The molecule has 180 valence electrons. The molecular formula is C27H38N2O4. The van der Waals surface area contributed by atoms with E-state index in [1.54, 1.807) is 29.2 Å². The van der Waals surface area contributed by atoms with Gasteiger partial charge in [-0.3, -0.25) is 9.59 Å². The number of esters is 1. The van der Waals surface area contributed by atoms with Gasteiger partial charge >= 0.3 is 5.97 Å². The zero-order valence-corrected chi connectivity index (χ0v) is 20.6. The maximum absolute atomic E-state index is 13.2. The van der Waals surface area contributed by atoms with E-state index in [4.69, 9.17) is 4.74 Å². The van der Waals surface area contributed by atoms with E-state index in [0.717, 1.165) is 51.5 Å². The summed E-state index contributed by atoms with van der Waals surface area (Å²) in [5.41, 5.74) is 0.919. The number of amides is 2. The molecular weight excluding hydrogens is 416 g/mol. The molecule has 0 radical (unpaired) electrons. The van der Waals surface area contributed by atoms with Crippen molar-refractivity contribution in [2.45, 2.75) is 84.2 Å². The van der Waals surface area contributed by atoms with Gasteiger partial charge in [0.25, 0.3) is 11.8 Å². The van der Waals surface area contributed by atoms with Crippen LogP contribution in [0, 0.1) is 10.8 Å². The van der Waals surface area contributed by atoms with Gasteiger partial charge in [-0.1, -0.05) is 52.2 Å². The molecule has 1 heterocycles. The van der Waals surface area contributed by atoms with Crippen molar-refractivity contribution in [2.75, 3.05) is 20.2 Å². The number of hydrogen-bond donors (Lipinski definition) is 0. The van der Waals surface area contributed by atoms with Crippen LogP contribution < -0.4 is 0 Å². The summed E-state index contributed by atoms with van der Waals surface area (Å²) in [6.07, 6.45) is 8.55. The number of rotatable bonds is 5. The topological polar surface area (TPSA) is 66.9 Å². The lowest BCUT2D eigenvalue weighted by Crippen LogP contribution is -2.40. The Hall–Kier alpha value is -2.37. The fraction of sp³-hybridized carbons (Fsp3) is 0.667. The maximum atomic E-state index is 13.2. The first-order valence-electron chi connectivity index (χ1n) is 12.4. The normalized spacial score (nSPS) is 26.7. The van der Waals surface area contributed by atoms with Crippen LogP contribution in [0.4, 0.5) is 0 Å². The second-order valence-electron chi connectivity index (χ2n) is 11.6. The average molecular weight is 455 g/mol. The number of carbonyl (C=O) groups is 3. The van der Waals surface area contributed by atoms with Gasteiger partial charge in [-0.15, -0.1) is 0 Å². The Morgan fingerprint density at radius 1 is 1.03 bits per heavy atom. The van der Waals surface area contributed by atoms with Gasteiger partial charge in [0, 0.05) is 25.7 Å². The molecule has 6 nitrogen and oxygen atoms in total. The Morgan fingerprint density at radius 3 is 2.39 bits per heavy atom. The molecule has 2 atom stereocenters. The third-order valence-corrected chi connectivity index (χ3v) is 7.88. The van der Waals surface area contributed by atoms with Crippen LogP contribution in [0.1, 0.15) is 92.9 Å². The molecule has 4 rings (SSSR count). The maximum Gasteiger partial charge on any atom is 0.339 e. The van der Waals surface area contributed by atoms with Crippen LogP contribution >= 0.6 is 0 Å². The summed E-state index contributed by atoms with van der Waals surface area (Å²) in [6.45, 7) is 7.23. The number of fused-ring (bicyclic) bond motifs is 2. The Bertz CT molecular complexity index is 920. The van der Waals surface area contributed by atoms with E-state index in [1.165, 1.54) is 6.42 Å². The lowest BCUT2D eigenvalue weighted by atomic mass is 9.65. The van der Waals surface area contributed by atoms with Crippen molar-refractivity contribution < 1.29 is 19.1 Å². The summed E-state index contributed by atoms with van der Waals surface area (Å²) >= 11 is 0. The van der Waals surface area contributed by atoms with Gasteiger partial charge in [0.2, 0.25) is 0 Å². The van der Waals surface area contributed by atoms with Crippen molar-refractivity contribution in [3.8, 4) is 0 Å². The Kier molecular flexibility index (Phi) is 6.56. The van der Waals surface area contributed by atoms with E-state index in [0.29, 0.717) is 5.56 Å². The van der Waals surface area contributed by atoms with E-state index in [9.17, 15) is 14.4 Å². The lowest BCUT2D eigenvalue weighted by molar-refractivity contribution is -0.135. The average Bonchev–Trinajstić information content (AvgIpc) is 3.05. The number of benzene rings is 1. The number of likely N-dealkylation sites (tertiary alicyclic amines) is 1. The third kappa shape index (κ3) is 5.10. The first-order valence-corrected chi connectivity index (χ1v) is 12.4. The summed E-state index contributed by atoms with van der Waals surface area (Å²) in [6, 6.07) is 7.19. The molecule has 33 heavy (non-hydrogen) atoms. The molecule has 0 aromatic heterocycles. The van der Waals surface area contributed by atoms with Crippen molar-refractivity contribution in [3.63, 3.8) is 0 Å². The highest BCUT2D eigenvalue weighted by molar-refractivity contribution is 6.05. The van der Waals surface area contributed by atoms with Crippen LogP contribution in [0.15, 0.2) is 24.3 Å². The van der Waals surface area contributed by atoms with E-state index in [1.807, 2.05) is 11.9 Å². The van der Waals surface area contributed by atoms with Crippen molar-refractivity contribution in [3.05, 3.63) is 35.4 Å². The summed E-state index contributed by atoms with van der Waals surface area (Å²) in [4.78, 5) is 42.8. The van der Waals surface area contributed by atoms with Crippen LogP contribution in [-0.2, 0) is 9.53 Å². The van der Waals surface area contributed by atoms with E-state index < -0.39 is 5.97 Å². The molecule has 1 aliphatic heterocycles. The molecule has 2 amide bonds. The van der Waals surface area contributed by atoms with Crippen molar-refractivity contribution in [1.82, 2.24) is 9.80 Å². The molecule has 0 unspecified atom stereocenters. The molecule has 1 aromatic carbocycles. The third-order valence-electron chi connectivity index (χ3n) is 7.88. The second kappa shape index (κ2) is 9.11. The standard InChI is InChI=1S/C27H38N2O4/c1-26(2)14-20-15-27(3,17-26)18-29(20)23(30)16-33-25(32)22-13-9-8-12-21(22)24(31)28(4)19-10-6-5-7-11-19/h8-9,12-13,19-20H,5-7,10-11,14-18H2,1-4H3/t20-,27+/m1/s1. The predicted octanol–water partition coefficient (Wildman–Crippen LogP) is 4.68. The molecule has 1 aromatic rings. The van der Waals surface area contributed by atoms with Gasteiger partial charge in [-0.2, -0.15) is 0 Å². The minimum atomic E-state index is -0.613. The van der Waals surface area contributed by atoms with E-state index >= 15 is 0 Å². The molecule has 0 spiro atoms. The van der Waals surface area contributed by atoms with Crippen LogP contribution in [0.25, 0.3) is 0 Å². The SMILES string of the molecule is CN(C(=O)c1ccccc1C(=O)OCC(=O)N1C[C@@]2(C)C[C@H]1CC(C)(C)C2)C1CCCCC1. The monoisotopic (exact) mass is 454 g/mol. The highest BCUT2D eigenvalue weighted by Gasteiger charge is 2.51. The summed E-state index contributed by atoms with van der Waals surface area (Å²) in [5.74, 6) is -0.916. The van der Waals surface area contributed by atoms with Gasteiger partial charge in [0.1, 0.15) is 0 Å². The van der Waals surface area contributed by atoms with Gasteiger partial charge < -0.3 is 14.5 Å². The van der Waals surface area contributed by atoms with Crippen molar-refractivity contribution in [2.24, 2.45) is 10.8 Å². The van der Waals surface area contributed by atoms with Crippen molar-refractivity contribution >= 4 is 17.8 Å². The van der Waals surface area contributed by atoms with Gasteiger partial charge in [0.05, 0.1) is 11.1 Å².